The predicted molar refractivity (Wildman–Crippen MR) is 111 cm³/mol. The Morgan fingerprint density at radius 1 is 1.32 bits per heavy atom. The van der Waals surface area contributed by atoms with E-state index in [4.69, 9.17) is 4.74 Å². The molecule has 2 heterocycles. The first-order valence-electron chi connectivity index (χ1n) is 9.29. The lowest BCUT2D eigenvalue weighted by molar-refractivity contribution is -0.151. The molecule has 2 aromatic rings. The minimum Gasteiger partial charge on any atom is -0.466 e. The molecule has 1 aromatic carbocycles. The Bertz CT molecular complexity index is 810. The van der Waals surface area contributed by atoms with Gasteiger partial charge in [-0.2, -0.15) is 0 Å². The Balaban J connectivity index is 1.48. The number of amides is 1. The Morgan fingerprint density at radius 3 is 2.86 bits per heavy atom. The van der Waals surface area contributed by atoms with Crippen molar-refractivity contribution in [3.8, 4) is 0 Å². The normalized spacial score (nSPS) is 16.6. The van der Waals surface area contributed by atoms with E-state index in [2.05, 4.69) is 15.5 Å². The van der Waals surface area contributed by atoms with Crippen LogP contribution in [0.2, 0.25) is 0 Å². The lowest BCUT2D eigenvalue weighted by atomic mass is 9.98. The fourth-order valence-corrected chi connectivity index (χ4v) is 4.62. The number of aryl methyl sites for hydroxylation is 1. The van der Waals surface area contributed by atoms with Crippen molar-refractivity contribution in [2.24, 2.45) is 5.92 Å². The number of likely N-dealkylation sites (tertiary alicyclic amines) is 1. The fourth-order valence-electron chi connectivity index (χ4n) is 2.95. The summed E-state index contributed by atoms with van der Waals surface area (Å²) in [7, 11) is 0. The number of hydrogen-bond donors (Lipinski definition) is 1. The van der Waals surface area contributed by atoms with Crippen molar-refractivity contribution in [2.45, 2.75) is 31.0 Å². The van der Waals surface area contributed by atoms with Gasteiger partial charge < -0.3 is 15.0 Å². The molecule has 0 unspecified atom stereocenters. The van der Waals surface area contributed by atoms with E-state index in [0.717, 1.165) is 22.9 Å². The van der Waals surface area contributed by atoms with Crippen LogP contribution in [0.5, 0.6) is 0 Å². The minimum absolute atomic E-state index is 0.0160. The summed E-state index contributed by atoms with van der Waals surface area (Å²) in [5.41, 5.74) is 2.15. The van der Waals surface area contributed by atoms with Crippen LogP contribution in [0.15, 0.2) is 28.6 Å². The molecular weight excluding hydrogens is 396 g/mol. The van der Waals surface area contributed by atoms with Crippen LogP contribution in [-0.4, -0.2) is 52.4 Å². The third kappa shape index (κ3) is 5.68. The number of hydrogen-bond acceptors (Lipinski definition) is 8. The standard InChI is InChI=1S/C19H24N4O3S2/c1-3-26-17(25)14-5-4-10-23(11-14)16(24)12-27-19-22-21-18(28-19)20-15-8-6-13(2)7-9-15/h6-9,14H,3-5,10-12H2,1-2H3,(H,20,21)/t14-/m1/s1. The summed E-state index contributed by atoms with van der Waals surface area (Å²) in [5, 5.41) is 12.2. The van der Waals surface area contributed by atoms with Gasteiger partial charge in [0.1, 0.15) is 0 Å². The maximum absolute atomic E-state index is 12.5. The first kappa shape index (κ1) is 20.6. The number of benzene rings is 1. The number of piperidine rings is 1. The molecule has 1 aliphatic rings. The number of ether oxygens (including phenoxy) is 1. The Labute approximate surface area is 172 Å². The molecule has 9 heteroatoms. The Hall–Kier alpha value is -2.13. The van der Waals surface area contributed by atoms with E-state index < -0.39 is 0 Å². The van der Waals surface area contributed by atoms with Gasteiger partial charge >= 0.3 is 5.97 Å². The molecule has 0 spiro atoms. The molecule has 3 rings (SSSR count). The highest BCUT2D eigenvalue weighted by molar-refractivity contribution is 8.01. The molecule has 0 saturated carbocycles. The Morgan fingerprint density at radius 2 is 2.11 bits per heavy atom. The molecule has 1 aliphatic heterocycles. The molecule has 28 heavy (non-hydrogen) atoms. The van der Waals surface area contributed by atoms with Gasteiger partial charge in [-0.15, -0.1) is 10.2 Å². The van der Waals surface area contributed by atoms with Crippen LogP contribution < -0.4 is 5.32 Å². The van der Waals surface area contributed by atoms with Gasteiger partial charge in [-0.25, -0.2) is 0 Å². The summed E-state index contributed by atoms with van der Waals surface area (Å²) in [6.07, 6.45) is 1.60. The summed E-state index contributed by atoms with van der Waals surface area (Å²) < 4.78 is 5.83. The SMILES string of the molecule is CCOC(=O)[C@@H]1CCCN(C(=O)CSc2nnc(Nc3ccc(C)cc3)s2)C1. The minimum atomic E-state index is -0.213. The smallest absolute Gasteiger partial charge is 0.310 e. The first-order chi connectivity index (χ1) is 13.5. The van der Waals surface area contributed by atoms with Gasteiger partial charge in [0.05, 0.1) is 18.3 Å². The molecule has 0 aliphatic carbocycles. The van der Waals surface area contributed by atoms with Crippen molar-refractivity contribution in [3.63, 3.8) is 0 Å². The zero-order valence-electron chi connectivity index (χ0n) is 16.0. The van der Waals surface area contributed by atoms with Crippen molar-refractivity contribution < 1.29 is 14.3 Å². The second kappa shape index (κ2) is 9.88. The van der Waals surface area contributed by atoms with Crippen LogP contribution in [0.1, 0.15) is 25.3 Å². The quantitative estimate of drug-likeness (QED) is 0.542. The molecule has 1 atom stereocenters. The number of esters is 1. The van der Waals surface area contributed by atoms with Crippen molar-refractivity contribution in [1.29, 1.82) is 0 Å². The predicted octanol–water partition coefficient (Wildman–Crippen LogP) is 3.48. The molecule has 150 valence electrons. The maximum Gasteiger partial charge on any atom is 0.310 e. The number of aromatic nitrogens is 2. The van der Waals surface area contributed by atoms with Gasteiger partial charge in [-0.05, 0) is 38.8 Å². The summed E-state index contributed by atoms with van der Waals surface area (Å²) in [6.45, 7) is 5.33. The summed E-state index contributed by atoms with van der Waals surface area (Å²) in [6, 6.07) is 8.03. The van der Waals surface area contributed by atoms with Crippen LogP contribution in [0.3, 0.4) is 0 Å². The van der Waals surface area contributed by atoms with Crippen molar-refractivity contribution >= 4 is 45.8 Å². The summed E-state index contributed by atoms with van der Waals surface area (Å²) >= 11 is 2.79. The van der Waals surface area contributed by atoms with E-state index in [-0.39, 0.29) is 23.5 Å². The fraction of sp³-hybridized carbons (Fsp3) is 0.474. The van der Waals surface area contributed by atoms with Crippen molar-refractivity contribution in [3.05, 3.63) is 29.8 Å². The van der Waals surface area contributed by atoms with E-state index in [0.29, 0.717) is 24.8 Å². The molecule has 0 bridgehead atoms. The van der Waals surface area contributed by atoms with E-state index in [9.17, 15) is 9.59 Å². The lowest BCUT2D eigenvalue weighted by Crippen LogP contribution is -2.43. The second-order valence-corrected chi connectivity index (χ2v) is 8.78. The van der Waals surface area contributed by atoms with Crippen LogP contribution in [0.4, 0.5) is 10.8 Å². The van der Waals surface area contributed by atoms with Gasteiger partial charge in [-0.1, -0.05) is 40.8 Å². The lowest BCUT2D eigenvalue weighted by Gasteiger charge is -2.31. The second-order valence-electron chi connectivity index (χ2n) is 6.58. The topological polar surface area (TPSA) is 84.4 Å². The molecule has 1 fully saturated rings. The highest BCUT2D eigenvalue weighted by Gasteiger charge is 2.29. The average Bonchev–Trinajstić information content (AvgIpc) is 3.15. The number of anilines is 2. The molecule has 1 amide bonds. The van der Waals surface area contributed by atoms with Gasteiger partial charge in [0.25, 0.3) is 0 Å². The molecule has 1 N–H and O–H groups in total. The number of carbonyl (C=O) groups excluding carboxylic acids is 2. The van der Waals surface area contributed by atoms with Crippen LogP contribution in [0, 0.1) is 12.8 Å². The van der Waals surface area contributed by atoms with Gasteiger partial charge in [0.15, 0.2) is 4.34 Å². The van der Waals surface area contributed by atoms with Gasteiger partial charge in [0, 0.05) is 18.8 Å². The van der Waals surface area contributed by atoms with Crippen molar-refractivity contribution in [1.82, 2.24) is 15.1 Å². The van der Waals surface area contributed by atoms with Crippen LogP contribution in [-0.2, 0) is 14.3 Å². The Kier molecular flexibility index (Phi) is 7.27. The first-order valence-corrected chi connectivity index (χ1v) is 11.1. The monoisotopic (exact) mass is 420 g/mol. The third-order valence-corrected chi connectivity index (χ3v) is 6.38. The maximum atomic E-state index is 12.5. The van der Waals surface area contributed by atoms with Crippen LogP contribution >= 0.6 is 23.1 Å². The van der Waals surface area contributed by atoms with E-state index >= 15 is 0 Å². The highest BCUT2D eigenvalue weighted by Crippen LogP contribution is 2.28. The number of nitrogens with one attached hydrogen (secondary N) is 1. The zero-order chi connectivity index (χ0) is 19.9. The number of thioether (sulfide) groups is 1. The number of rotatable bonds is 7. The summed E-state index contributed by atoms with van der Waals surface area (Å²) in [4.78, 5) is 26.2. The van der Waals surface area contributed by atoms with Crippen molar-refractivity contribution in [2.75, 3.05) is 30.8 Å². The molecule has 0 radical (unpaired) electrons. The summed E-state index contributed by atoms with van der Waals surface area (Å²) in [5.74, 6) is -0.116. The third-order valence-electron chi connectivity index (χ3n) is 4.42. The average molecular weight is 421 g/mol. The number of nitrogens with zero attached hydrogens (tertiary/aromatic N) is 3. The highest BCUT2D eigenvalue weighted by atomic mass is 32.2. The largest absolute Gasteiger partial charge is 0.466 e. The van der Waals surface area contributed by atoms with E-state index in [1.165, 1.54) is 28.7 Å². The zero-order valence-corrected chi connectivity index (χ0v) is 17.6. The molecule has 1 aromatic heterocycles. The van der Waals surface area contributed by atoms with Gasteiger partial charge in [0.2, 0.25) is 11.0 Å². The van der Waals surface area contributed by atoms with Crippen LogP contribution in [0.25, 0.3) is 0 Å². The van der Waals surface area contributed by atoms with E-state index in [1.807, 2.05) is 31.2 Å². The molecular formula is C19H24N4O3S2. The molecule has 7 nitrogen and oxygen atoms in total. The van der Waals surface area contributed by atoms with Gasteiger partial charge in [-0.3, -0.25) is 9.59 Å². The molecule has 1 saturated heterocycles. The van der Waals surface area contributed by atoms with E-state index in [1.54, 1.807) is 11.8 Å². The number of carbonyl (C=O) groups is 2.